The zero-order valence-electron chi connectivity index (χ0n) is 16.4. The van der Waals surface area contributed by atoms with Crippen LogP contribution in [0.15, 0.2) is 53.6 Å². The largest absolute Gasteiger partial charge is 0.436 e. The van der Waals surface area contributed by atoms with E-state index >= 15 is 0 Å². The van der Waals surface area contributed by atoms with Gasteiger partial charge in [-0.15, -0.1) is 0 Å². The summed E-state index contributed by atoms with van der Waals surface area (Å²) in [5.41, 5.74) is 3.54. The second kappa shape index (κ2) is 8.74. The molecular weight excluding hydrogens is 457 g/mol. The molecule has 9 heteroatoms. The molecule has 2 aromatic carbocycles. The molecule has 1 aromatic heterocycles. The number of rotatable bonds is 4. The van der Waals surface area contributed by atoms with Gasteiger partial charge in [-0.25, -0.2) is 4.98 Å². The molecule has 0 bridgehead atoms. The summed E-state index contributed by atoms with van der Waals surface area (Å²) in [5.74, 6) is -0.864. The molecule has 3 aromatic rings. The molecular formula is C22H15ClFN3O2S2. The Morgan fingerprint density at radius 2 is 2.03 bits per heavy atom. The van der Waals surface area contributed by atoms with Gasteiger partial charge in [-0.05, 0) is 60.9 Å². The number of carbonyl (C=O) groups is 1. The molecule has 1 fully saturated rings. The molecule has 31 heavy (non-hydrogen) atoms. The predicted molar refractivity (Wildman–Crippen MR) is 125 cm³/mol. The smallest absolute Gasteiger partial charge is 0.270 e. The topological polar surface area (TPSA) is 55.3 Å². The second-order valence-corrected chi connectivity index (χ2v) is 8.79. The first kappa shape index (κ1) is 21.4. The highest BCUT2D eigenvalue weighted by Crippen LogP contribution is 2.37. The number of aryl methyl sites for hydroxylation is 2. The lowest BCUT2D eigenvalue weighted by atomic mass is 10.1. The van der Waals surface area contributed by atoms with Crippen LogP contribution in [0.1, 0.15) is 16.7 Å². The quantitative estimate of drug-likeness (QED) is 0.261. The maximum Gasteiger partial charge on any atom is 0.270 e. The minimum Gasteiger partial charge on any atom is -0.436 e. The number of hydrogen-bond donors (Lipinski definition) is 0. The Labute approximate surface area is 192 Å². The van der Waals surface area contributed by atoms with E-state index in [0.29, 0.717) is 20.5 Å². The maximum atomic E-state index is 13.9. The summed E-state index contributed by atoms with van der Waals surface area (Å²) in [5, 5.41) is -0.123. The van der Waals surface area contributed by atoms with E-state index in [2.05, 4.69) is 9.97 Å². The maximum absolute atomic E-state index is 13.9. The first-order valence-electron chi connectivity index (χ1n) is 9.13. The lowest BCUT2D eigenvalue weighted by Gasteiger charge is -2.17. The molecule has 0 spiro atoms. The van der Waals surface area contributed by atoms with Gasteiger partial charge in [-0.3, -0.25) is 9.69 Å². The van der Waals surface area contributed by atoms with Crippen molar-refractivity contribution in [2.24, 2.45) is 0 Å². The molecule has 0 radical (unpaired) electrons. The van der Waals surface area contributed by atoms with Crippen LogP contribution in [0.4, 0.5) is 10.1 Å². The molecule has 5 nitrogen and oxygen atoms in total. The van der Waals surface area contributed by atoms with E-state index in [1.54, 1.807) is 35.2 Å². The van der Waals surface area contributed by atoms with Crippen LogP contribution in [0.5, 0.6) is 11.6 Å². The number of carbonyl (C=O) groups excluding carboxylic acids is 1. The molecule has 2 heterocycles. The van der Waals surface area contributed by atoms with E-state index in [1.165, 1.54) is 11.8 Å². The van der Waals surface area contributed by atoms with Gasteiger partial charge < -0.3 is 4.74 Å². The molecule has 156 valence electrons. The summed E-state index contributed by atoms with van der Waals surface area (Å²) in [6.45, 7) is 3.95. The molecule has 1 aliphatic rings. The van der Waals surface area contributed by atoms with Gasteiger partial charge in [0.2, 0.25) is 11.1 Å². The van der Waals surface area contributed by atoms with Gasteiger partial charge in [-0.1, -0.05) is 53.8 Å². The highest BCUT2D eigenvalue weighted by atomic mass is 35.5. The van der Waals surface area contributed by atoms with Crippen LogP contribution < -0.4 is 9.64 Å². The van der Waals surface area contributed by atoms with Crippen molar-refractivity contribution in [1.29, 1.82) is 0 Å². The molecule has 0 unspecified atom stereocenters. The second-order valence-electron chi connectivity index (χ2n) is 6.77. The fourth-order valence-electron chi connectivity index (χ4n) is 3.07. The Hall–Kier alpha value is -2.81. The molecule has 0 aliphatic carbocycles. The summed E-state index contributed by atoms with van der Waals surface area (Å²) >= 11 is 12.4. The Balaban J connectivity index is 1.60. The summed E-state index contributed by atoms with van der Waals surface area (Å²) in [4.78, 5) is 22.4. The van der Waals surface area contributed by atoms with Crippen molar-refractivity contribution in [2.75, 3.05) is 4.90 Å². The van der Waals surface area contributed by atoms with Crippen LogP contribution >= 0.6 is 35.6 Å². The third-order valence-electron chi connectivity index (χ3n) is 4.44. The number of nitrogens with zero attached hydrogens (tertiary/aromatic N) is 3. The lowest BCUT2D eigenvalue weighted by molar-refractivity contribution is -0.113. The van der Waals surface area contributed by atoms with Crippen LogP contribution in [0.3, 0.4) is 0 Å². The van der Waals surface area contributed by atoms with E-state index in [-0.39, 0.29) is 17.1 Å². The standard InChI is InChI=1S/C22H15ClFN3O2S2/c1-12-6-7-17(13(2)8-12)27-20(28)18(31-22(27)30)10-14-4-3-5-15(9-14)29-19-16(24)11-25-21(23)26-19/h3-11H,1-2H3/b18-10-. The van der Waals surface area contributed by atoms with E-state index in [0.717, 1.165) is 23.0 Å². The van der Waals surface area contributed by atoms with Crippen molar-refractivity contribution in [2.45, 2.75) is 13.8 Å². The zero-order chi connectivity index (χ0) is 22.1. The number of hydrogen-bond acceptors (Lipinski definition) is 6. The Kier molecular flexibility index (Phi) is 6.04. The molecule has 1 amide bonds. The Morgan fingerprint density at radius 1 is 1.23 bits per heavy atom. The fraction of sp³-hybridized carbons (Fsp3) is 0.0909. The van der Waals surface area contributed by atoms with Gasteiger partial charge in [0, 0.05) is 0 Å². The van der Waals surface area contributed by atoms with Crippen molar-refractivity contribution in [3.63, 3.8) is 0 Å². The van der Waals surface area contributed by atoms with Gasteiger partial charge in [0.1, 0.15) is 5.75 Å². The molecule has 1 saturated heterocycles. The summed E-state index contributed by atoms with van der Waals surface area (Å²) in [7, 11) is 0. The average molecular weight is 472 g/mol. The number of aromatic nitrogens is 2. The highest BCUT2D eigenvalue weighted by Gasteiger charge is 2.34. The van der Waals surface area contributed by atoms with Crippen LogP contribution in [-0.4, -0.2) is 20.2 Å². The van der Waals surface area contributed by atoms with E-state index in [1.807, 2.05) is 32.0 Å². The van der Waals surface area contributed by atoms with Crippen LogP contribution in [0.25, 0.3) is 6.08 Å². The van der Waals surface area contributed by atoms with Crippen molar-refractivity contribution in [3.05, 3.63) is 81.4 Å². The Morgan fingerprint density at radius 3 is 2.81 bits per heavy atom. The highest BCUT2D eigenvalue weighted by molar-refractivity contribution is 8.27. The van der Waals surface area contributed by atoms with Gasteiger partial charge in [0.05, 0.1) is 16.8 Å². The van der Waals surface area contributed by atoms with Gasteiger partial charge >= 0.3 is 0 Å². The van der Waals surface area contributed by atoms with E-state index < -0.39 is 5.82 Å². The zero-order valence-corrected chi connectivity index (χ0v) is 18.8. The monoisotopic (exact) mass is 471 g/mol. The summed E-state index contributed by atoms with van der Waals surface area (Å²) in [6, 6.07) is 12.7. The van der Waals surface area contributed by atoms with Crippen molar-refractivity contribution in [3.8, 4) is 11.6 Å². The SMILES string of the molecule is Cc1ccc(N2C(=O)/C(=C/c3cccc(Oc4nc(Cl)ncc4F)c3)SC2=S)c(C)c1. The van der Waals surface area contributed by atoms with Crippen LogP contribution in [0, 0.1) is 19.7 Å². The number of ether oxygens (including phenoxy) is 1. The molecule has 0 atom stereocenters. The molecule has 1 aliphatic heterocycles. The van der Waals surface area contributed by atoms with Crippen LogP contribution in [0.2, 0.25) is 5.28 Å². The molecule has 4 rings (SSSR count). The Bertz CT molecular complexity index is 1250. The first-order valence-corrected chi connectivity index (χ1v) is 10.7. The fourth-order valence-corrected chi connectivity index (χ4v) is 4.48. The number of amides is 1. The van der Waals surface area contributed by atoms with Gasteiger partial charge in [0.25, 0.3) is 11.8 Å². The van der Waals surface area contributed by atoms with E-state index in [4.69, 9.17) is 28.6 Å². The van der Waals surface area contributed by atoms with Gasteiger partial charge in [-0.2, -0.15) is 9.37 Å². The average Bonchev–Trinajstić information content (AvgIpc) is 2.98. The minimum atomic E-state index is -0.732. The number of halogens is 2. The van der Waals surface area contributed by atoms with Crippen molar-refractivity contribution < 1.29 is 13.9 Å². The predicted octanol–water partition coefficient (Wildman–Crippen LogP) is 6.08. The summed E-state index contributed by atoms with van der Waals surface area (Å²) in [6.07, 6.45) is 2.66. The van der Waals surface area contributed by atoms with E-state index in [9.17, 15) is 9.18 Å². The van der Waals surface area contributed by atoms with Crippen LogP contribution in [-0.2, 0) is 4.79 Å². The summed E-state index contributed by atoms with van der Waals surface area (Å²) < 4.78 is 19.8. The lowest BCUT2D eigenvalue weighted by Crippen LogP contribution is -2.28. The number of thiocarbonyl (C=S) groups is 1. The number of benzene rings is 2. The first-order chi connectivity index (χ1) is 14.8. The number of thioether (sulfide) groups is 1. The third kappa shape index (κ3) is 4.61. The van der Waals surface area contributed by atoms with Crippen molar-refractivity contribution >= 4 is 57.6 Å². The van der Waals surface area contributed by atoms with Crippen molar-refractivity contribution in [1.82, 2.24) is 9.97 Å². The molecule has 0 N–H and O–H groups in total. The number of anilines is 1. The van der Waals surface area contributed by atoms with Gasteiger partial charge in [0.15, 0.2) is 4.32 Å². The normalized spacial score (nSPS) is 15.1. The molecule has 0 saturated carbocycles. The minimum absolute atomic E-state index is 0.123. The third-order valence-corrected chi connectivity index (χ3v) is 5.92.